The van der Waals surface area contributed by atoms with Gasteiger partial charge in [0.05, 0.1) is 35.0 Å². The van der Waals surface area contributed by atoms with Crippen LogP contribution >= 0.6 is 0 Å². The highest BCUT2D eigenvalue weighted by molar-refractivity contribution is 6.25. The third-order valence-corrected chi connectivity index (χ3v) is 8.37. The molecule has 4 amide bonds. The fourth-order valence-electron chi connectivity index (χ4n) is 7.26. The van der Waals surface area contributed by atoms with Gasteiger partial charge in [-0.3, -0.25) is 29.0 Å². The number of allylic oxidation sites excluding steroid dienone is 2. The van der Waals surface area contributed by atoms with Crippen LogP contribution in [0.5, 0.6) is 0 Å². The van der Waals surface area contributed by atoms with Crippen LogP contribution < -0.4 is 9.80 Å². The van der Waals surface area contributed by atoms with E-state index in [0.717, 1.165) is 0 Å². The first-order chi connectivity index (χ1) is 15.6. The van der Waals surface area contributed by atoms with Crippen molar-refractivity contribution >= 4 is 35.0 Å². The molecule has 4 fully saturated rings. The minimum Gasteiger partial charge on any atom is -0.274 e. The van der Waals surface area contributed by atoms with E-state index in [0.29, 0.717) is 11.4 Å². The standard InChI is InChI=1S/C26H20N2O4/c29-23-19-15-11-12-16(20(19)24(30)27(23)13-7-3-1-4-8-13)18-17(15)21-22(18)26(32)28(25(21)31)14-9-5-2-6-10-14/h1-12,15-22H/t15-,16+,17-,18-,19+,20-,21+,22-/m0/s1. The van der Waals surface area contributed by atoms with Crippen molar-refractivity contribution in [3.8, 4) is 0 Å². The van der Waals surface area contributed by atoms with E-state index < -0.39 is 23.7 Å². The number of imide groups is 2. The molecule has 2 aliphatic heterocycles. The molecule has 0 N–H and O–H groups in total. The van der Waals surface area contributed by atoms with Crippen molar-refractivity contribution in [2.24, 2.45) is 47.3 Å². The lowest BCUT2D eigenvalue weighted by atomic mass is 9.40. The quantitative estimate of drug-likeness (QED) is 0.549. The molecular formula is C26H20N2O4. The lowest BCUT2D eigenvalue weighted by molar-refractivity contribution is -0.166. The number of para-hydroxylation sites is 2. The van der Waals surface area contributed by atoms with E-state index in [4.69, 9.17) is 0 Å². The second-order valence-electron chi connectivity index (χ2n) is 9.49. The van der Waals surface area contributed by atoms with E-state index in [2.05, 4.69) is 0 Å². The SMILES string of the molecule is O=C1[C@@H]2[C@H]3C=C[C@@H]([C@@H]2C(=O)N1c1ccccc1)[C@@H]1[C@@H]2C(=O)N(c4ccccc4)C(=O)[C@@H]2[C@@H]31. The Bertz CT molecular complexity index is 1170. The normalized spacial score (nSPS) is 38.6. The molecule has 4 aliphatic carbocycles. The summed E-state index contributed by atoms with van der Waals surface area (Å²) in [5.74, 6) is -2.89. The van der Waals surface area contributed by atoms with Crippen LogP contribution in [0.1, 0.15) is 0 Å². The van der Waals surface area contributed by atoms with Gasteiger partial charge in [0.2, 0.25) is 23.6 Å². The maximum atomic E-state index is 13.4. The van der Waals surface area contributed by atoms with Crippen molar-refractivity contribution in [1.29, 1.82) is 0 Å². The Morgan fingerprint density at radius 3 is 1.19 bits per heavy atom. The van der Waals surface area contributed by atoms with Crippen LogP contribution in [0.15, 0.2) is 72.8 Å². The van der Waals surface area contributed by atoms with Crippen LogP contribution in [0, 0.1) is 47.3 Å². The van der Waals surface area contributed by atoms with E-state index in [1.807, 2.05) is 48.6 Å². The first kappa shape index (κ1) is 18.1. The molecule has 2 aromatic carbocycles. The third-order valence-electron chi connectivity index (χ3n) is 8.37. The third kappa shape index (κ3) is 1.96. The number of nitrogens with zero attached hydrogens (tertiary/aromatic N) is 2. The Hall–Kier alpha value is -3.54. The summed E-state index contributed by atoms with van der Waals surface area (Å²) in [5, 5.41) is 0. The van der Waals surface area contributed by atoms with Gasteiger partial charge in [0.1, 0.15) is 0 Å². The molecule has 6 aliphatic rings. The van der Waals surface area contributed by atoms with Gasteiger partial charge >= 0.3 is 0 Å². The maximum Gasteiger partial charge on any atom is 0.238 e. The van der Waals surface area contributed by atoms with Gasteiger partial charge in [-0.25, -0.2) is 0 Å². The molecule has 2 aromatic rings. The monoisotopic (exact) mass is 424 g/mol. The highest BCUT2D eigenvalue weighted by Gasteiger charge is 2.75. The Morgan fingerprint density at radius 1 is 0.469 bits per heavy atom. The van der Waals surface area contributed by atoms with Gasteiger partial charge in [0.15, 0.2) is 0 Å². The van der Waals surface area contributed by atoms with Gasteiger partial charge in [0.25, 0.3) is 0 Å². The van der Waals surface area contributed by atoms with Gasteiger partial charge in [-0.2, -0.15) is 0 Å². The van der Waals surface area contributed by atoms with Crippen LogP contribution in [0.25, 0.3) is 0 Å². The summed E-state index contributed by atoms with van der Waals surface area (Å²) in [6, 6.07) is 18.1. The van der Waals surface area contributed by atoms with E-state index in [-0.39, 0.29) is 47.3 Å². The van der Waals surface area contributed by atoms with Crippen molar-refractivity contribution in [2.45, 2.75) is 0 Å². The zero-order chi connectivity index (χ0) is 21.7. The van der Waals surface area contributed by atoms with Crippen LogP contribution in [-0.4, -0.2) is 23.6 Å². The number of fused-ring (bicyclic) bond motifs is 1. The predicted octanol–water partition coefficient (Wildman–Crippen LogP) is 2.66. The Labute approximate surface area is 184 Å². The fourth-order valence-corrected chi connectivity index (χ4v) is 7.26. The van der Waals surface area contributed by atoms with E-state index in [1.165, 1.54) is 9.80 Å². The van der Waals surface area contributed by atoms with Gasteiger partial charge in [-0.1, -0.05) is 48.6 Å². The predicted molar refractivity (Wildman–Crippen MR) is 115 cm³/mol. The van der Waals surface area contributed by atoms with Crippen molar-refractivity contribution in [2.75, 3.05) is 9.80 Å². The number of hydrogen-bond donors (Lipinski definition) is 0. The van der Waals surface area contributed by atoms with E-state index in [1.54, 1.807) is 24.3 Å². The Kier molecular flexibility index (Phi) is 3.41. The molecule has 0 radical (unpaired) electrons. The number of benzene rings is 2. The summed E-state index contributed by atoms with van der Waals surface area (Å²) >= 11 is 0. The lowest BCUT2D eigenvalue weighted by Crippen LogP contribution is -2.63. The molecule has 8 rings (SSSR count). The molecule has 158 valence electrons. The molecule has 2 saturated carbocycles. The van der Waals surface area contributed by atoms with Crippen molar-refractivity contribution < 1.29 is 19.2 Å². The fraction of sp³-hybridized carbons (Fsp3) is 0.308. The van der Waals surface area contributed by atoms with Crippen molar-refractivity contribution in [3.05, 3.63) is 72.8 Å². The number of carbonyl (C=O) groups is 4. The molecular weight excluding hydrogens is 404 g/mol. The number of anilines is 2. The van der Waals surface area contributed by atoms with Gasteiger partial charge in [0, 0.05) is 0 Å². The number of hydrogen-bond acceptors (Lipinski definition) is 4. The highest BCUT2D eigenvalue weighted by atomic mass is 16.2. The smallest absolute Gasteiger partial charge is 0.238 e. The number of carbonyl (C=O) groups excluding carboxylic acids is 4. The minimum atomic E-state index is -0.450. The van der Waals surface area contributed by atoms with Crippen LogP contribution in [0.4, 0.5) is 11.4 Å². The zero-order valence-corrected chi connectivity index (χ0v) is 17.1. The summed E-state index contributed by atoms with van der Waals surface area (Å²) in [4.78, 5) is 56.2. The second-order valence-corrected chi connectivity index (χ2v) is 9.49. The molecule has 0 unspecified atom stereocenters. The second kappa shape index (κ2) is 6.03. The van der Waals surface area contributed by atoms with Crippen LogP contribution in [-0.2, 0) is 19.2 Å². The average Bonchev–Trinajstić information content (AvgIpc) is 3.19. The van der Waals surface area contributed by atoms with Crippen molar-refractivity contribution in [3.63, 3.8) is 0 Å². The molecule has 2 saturated heterocycles. The average molecular weight is 424 g/mol. The highest BCUT2D eigenvalue weighted by Crippen LogP contribution is 2.68. The minimum absolute atomic E-state index is 0.0612. The number of amides is 4. The van der Waals surface area contributed by atoms with Gasteiger partial charge in [-0.15, -0.1) is 0 Å². The molecule has 6 nitrogen and oxygen atoms in total. The first-order valence-corrected chi connectivity index (χ1v) is 11.1. The lowest BCUT2D eigenvalue weighted by Gasteiger charge is -2.60. The molecule has 32 heavy (non-hydrogen) atoms. The van der Waals surface area contributed by atoms with Gasteiger partial charge in [-0.05, 0) is 47.9 Å². The first-order valence-electron chi connectivity index (χ1n) is 11.1. The molecule has 8 atom stereocenters. The molecule has 0 aromatic heterocycles. The Morgan fingerprint density at radius 2 is 0.812 bits per heavy atom. The molecule has 6 heteroatoms. The van der Waals surface area contributed by atoms with Gasteiger partial charge < -0.3 is 0 Å². The molecule has 2 heterocycles. The summed E-state index contributed by atoms with van der Waals surface area (Å²) < 4.78 is 0. The molecule has 2 bridgehead atoms. The van der Waals surface area contributed by atoms with Crippen LogP contribution in [0.3, 0.4) is 0 Å². The Balaban J connectivity index is 1.27. The molecule has 0 spiro atoms. The largest absolute Gasteiger partial charge is 0.274 e. The number of rotatable bonds is 2. The van der Waals surface area contributed by atoms with E-state index >= 15 is 0 Å². The summed E-state index contributed by atoms with van der Waals surface area (Å²) in [5.41, 5.74) is 1.18. The summed E-state index contributed by atoms with van der Waals surface area (Å²) in [6.45, 7) is 0. The van der Waals surface area contributed by atoms with E-state index in [9.17, 15) is 19.2 Å². The van der Waals surface area contributed by atoms with Crippen molar-refractivity contribution in [1.82, 2.24) is 0 Å². The summed E-state index contributed by atoms with van der Waals surface area (Å²) in [6.07, 6.45) is 4.07. The maximum absolute atomic E-state index is 13.4. The topological polar surface area (TPSA) is 74.8 Å². The zero-order valence-electron chi connectivity index (χ0n) is 17.1. The van der Waals surface area contributed by atoms with Crippen LogP contribution in [0.2, 0.25) is 0 Å². The summed E-state index contributed by atoms with van der Waals surface area (Å²) in [7, 11) is 0.